The molecule has 11 nitrogen and oxygen atoms in total. The molecule has 4 aromatic rings. The van der Waals surface area contributed by atoms with E-state index < -0.39 is 0 Å². The van der Waals surface area contributed by atoms with Crippen molar-refractivity contribution in [1.82, 2.24) is 30.1 Å². The molecule has 0 unspecified atom stereocenters. The first-order valence-electron chi connectivity index (χ1n) is 8.95. The van der Waals surface area contributed by atoms with Crippen LogP contribution in [-0.4, -0.2) is 47.6 Å². The predicted molar refractivity (Wildman–Crippen MR) is 116 cm³/mol. The molecule has 3 heterocycles. The van der Waals surface area contributed by atoms with Crippen LogP contribution in [0.5, 0.6) is 0 Å². The van der Waals surface area contributed by atoms with E-state index in [1.165, 1.54) is 30.0 Å². The second-order valence-electron chi connectivity index (χ2n) is 6.25. The molecule has 2 amide bonds. The van der Waals surface area contributed by atoms with Crippen molar-refractivity contribution >= 4 is 45.9 Å². The third-order valence-corrected chi connectivity index (χ3v) is 5.76. The van der Waals surface area contributed by atoms with Gasteiger partial charge in [-0.2, -0.15) is 0 Å². The zero-order chi connectivity index (χ0) is 21.8. The van der Waals surface area contributed by atoms with Crippen molar-refractivity contribution < 1.29 is 14.2 Å². The number of aromatic nitrogens is 6. The third-order valence-electron chi connectivity index (χ3n) is 3.98. The molecule has 3 aromatic heterocycles. The van der Waals surface area contributed by atoms with Gasteiger partial charge in [0.05, 0.1) is 11.4 Å². The second-order valence-corrected chi connectivity index (χ2v) is 8.05. The van der Waals surface area contributed by atoms with Crippen LogP contribution in [0.25, 0.3) is 22.8 Å². The molecule has 0 saturated carbocycles. The number of thioether (sulfide) groups is 1. The van der Waals surface area contributed by atoms with Gasteiger partial charge >= 0.3 is 0 Å². The van der Waals surface area contributed by atoms with Gasteiger partial charge in [0.25, 0.3) is 0 Å². The second kappa shape index (κ2) is 9.06. The van der Waals surface area contributed by atoms with Crippen LogP contribution in [0.1, 0.15) is 6.92 Å². The lowest BCUT2D eigenvalue weighted by atomic mass is 10.2. The summed E-state index contributed by atoms with van der Waals surface area (Å²) in [4.78, 5) is 28.1. The van der Waals surface area contributed by atoms with E-state index >= 15 is 0 Å². The van der Waals surface area contributed by atoms with Crippen LogP contribution in [-0.2, 0) is 16.6 Å². The lowest BCUT2D eigenvalue weighted by Crippen LogP contribution is -2.14. The van der Waals surface area contributed by atoms with Gasteiger partial charge in [-0.05, 0) is 10.3 Å². The molecule has 1 aromatic carbocycles. The van der Waals surface area contributed by atoms with E-state index in [9.17, 15) is 9.59 Å². The molecule has 0 aliphatic carbocycles. The number of nitrogens with one attached hydrogen (secondary N) is 2. The minimum Gasteiger partial charge on any atom is -0.306 e. The van der Waals surface area contributed by atoms with E-state index in [0.29, 0.717) is 16.1 Å². The number of anilines is 2. The van der Waals surface area contributed by atoms with Gasteiger partial charge in [-0.3, -0.25) is 9.59 Å². The van der Waals surface area contributed by atoms with Crippen molar-refractivity contribution in [2.75, 3.05) is 16.4 Å². The molecule has 0 saturated heterocycles. The lowest BCUT2D eigenvalue weighted by Gasteiger charge is -2.03. The number of rotatable bonds is 7. The summed E-state index contributed by atoms with van der Waals surface area (Å²) in [6.07, 6.45) is 0. The summed E-state index contributed by atoms with van der Waals surface area (Å²) in [5, 5.41) is 23.8. The smallest absolute Gasteiger partial charge is 0.236 e. The van der Waals surface area contributed by atoms with E-state index in [0.717, 1.165) is 11.3 Å². The fourth-order valence-corrected chi connectivity index (χ4v) is 4.04. The molecular weight excluding hydrogens is 440 g/mol. The Kier molecular flexibility index (Phi) is 6.04. The van der Waals surface area contributed by atoms with Crippen LogP contribution < -0.4 is 10.6 Å². The molecule has 0 fully saturated rings. The van der Waals surface area contributed by atoms with Crippen LogP contribution in [0.4, 0.5) is 10.9 Å². The van der Waals surface area contributed by atoms with Gasteiger partial charge in [0.1, 0.15) is 0 Å². The maximum Gasteiger partial charge on any atom is 0.236 e. The number of hydrogen-bond acceptors (Lipinski definition) is 10. The topological polar surface area (TPSA) is 141 Å². The van der Waals surface area contributed by atoms with Crippen molar-refractivity contribution in [2.24, 2.45) is 7.05 Å². The van der Waals surface area contributed by atoms with Crippen LogP contribution in [0, 0.1) is 0 Å². The zero-order valence-electron chi connectivity index (χ0n) is 16.4. The van der Waals surface area contributed by atoms with Gasteiger partial charge in [0.2, 0.25) is 17.6 Å². The summed E-state index contributed by atoms with van der Waals surface area (Å²) >= 11 is 2.56. The van der Waals surface area contributed by atoms with Gasteiger partial charge in [-0.25, -0.2) is 9.61 Å². The number of nitrogens with zero attached hydrogens (tertiary/aromatic N) is 6. The fourth-order valence-electron chi connectivity index (χ4n) is 2.59. The number of carbonyl (C=O) groups is 2. The number of thiazole rings is 1. The molecule has 0 aliphatic rings. The van der Waals surface area contributed by atoms with Crippen molar-refractivity contribution in [3.05, 3.63) is 35.7 Å². The van der Waals surface area contributed by atoms with Gasteiger partial charge in [0, 0.05) is 24.9 Å². The van der Waals surface area contributed by atoms with E-state index in [1.807, 2.05) is 35.7 Å². The summed E-state index contributed by atoms with van der Waals surface area (Å²) < 4.78 is 6.33. The first kappa shape index (κ1) is 20.7. The van der Waals surface area contributed by atoms with Crippen molar-refractivity contribution in [2.45, 2.75) is 12.1 Å². The van der Waals surface area contributed by atoms with E-state index in [2.05, 4.69) is 36.1 Å². The maximum absolute atomic E-state index is 12.3. The molecule has 0 bridgehead atoms. The first-order valence-corrected chi connectivity index (χ1v) is 10.8. The Morgan fingerprint density at radius 3 is 2.74 bits per heavy atom. The Bertz CT molecular complexity index is 1220. The van der Waals surface area contributed by atoms with Crippen LogP contribution >= 0.6 is 23.1 Å². The quantitative estimate of drug-likeness (QED) is 0.401. The zero-order valence-corrected chi connectivity index (χ0v) is 18.0. The number of benzene rings is 1. The summed E-state index contributed by atoms with van der Waals surface area (Å²) in [5.74, 6) is 0.0751. The number of carbonyl (C=O) groups excluding carboxylic acids is 2. The van der Waals surface area contributed by atoms with Gasteiger partial charge < -0.3 is 15.2 Å². The van der Waals surface area contributed by atoms with Gasteiger partial charge in [-0.1, -0.05) is 42.1 Å². The fraction of sp³-hybridized carbons (Fsp3) is 0.167. The van der Waals surface area contributed by atoms with Crippen LogP contribution in [0.3, 0.4) is 0 Å². The highest BCUT2D eigenvalue weighted by atomic mass is 32.2. The summed E-state index contributed by atoms with van der Waals surface area (Å²) in [6.45, 7) is 1.35. The lowest BCUT2D eigenvalue weighted by molar-refractivity contribution is -0.114. The molecular formula is C18H16N8O3S2. The summed E-state index contributed by atoms with van der Waals surface area (Å²) in [6, 6.07) is 9.74. The molecule has 158 valence electrons. The number of amides is 2. The molecule has 13 heteroatoms. The van der Waals surface area contributed by atoms with Crippen LogP contribution in [0.15, 0.2) is 45.5 Å². The minimum absolute atomic E-state index is 0.113. The van der Waals surface area contributed by atoms with Crippen molar-refractivity contribution in [3.63, 3.8) is 0 Å². The Morgan fingerprint density at radius 2 is 1.97 bits per heavy atom. The molecule has 0 spiro atoms. The van der Waals surface area contributed by atoms with Gasteiger partial charge in [0.15, 0.2) is 21.8 Å². The molecule has 4 rings (SSSR count). The van der Waals surface area contributed by atoms with Gasteiger partial charge in [-0.15, -0.1) is 21.5 Å². The summed E-state index contributed by atoms with van der Waals surface area (Å²) in [5.41, 5.74) is 2.04. The van der Waals surface area contributed by atoms with E-state index in [-0.39, 0.29) is 29.1 Å². The Hall–Kier alpha value is -3.58. The molecule has 2 N–H and O–H groups in total. The van der Waals surface area contributed by atoms with E-state index in [1.54, 1.807) is 11.6 Å². The monoisotopic (exact) mass is 456 g/mol. The maximum atomic E-state index is 12.3. The molecule has 0 aliphatic heterocycles. The SMILES string of the molecule is CC(=O)Nc1nonc1-c1nnc(SCC(=O)Nc2nc(-c3ccccc3)cs2)n1C. The standard InChI is InChI=1S/C18H16N8O3S2/c1-10(27)19-15-14(24-29-25-15)16-22-23-18(26(16)2)31-9-13(28)21-17-20-12(8-30-17)11-6-4-3-5-7-11/h3-8H,9H2,1-2H3,(H,19,25,27)(H,20,21,28). The highest BCUT2D eigenvalue weighted by Gasteiger charge is 2.21. The highest BCUT2D eigenvalue weighted by molar-refractivity contribution is 7.99. The van der Waals surface area contributed by atoms with Crippen molar-refractivity contribution in [3.8, 4) is 22.8 Å². The Morgan fingerprint density at radius 1 is 1.16 bits per heavy atom. The highest BCUT2D eigenvalue weighted by Crippen LogP contribution is 2.27. The number of hydrogen-bond donors (Lipinski definition) is 2. The Labute approximate surface area is 184 Å². The summed E-state index contributed by atoms with van der Waals surface area (Å²) in [7, 11) is 1.72. The van der Waals surface area contributed by atoms with Crippen molar-refractivity contribution in [1.29, 1.82) is 0 Å². The van der Waals surface area contributed by atoms with Crippen LogP contribution in [0.2, 0.25) is 0 Å². The average Bonchev–Trinajstić information content (AvgIpc) is 3.47. The first-order chi connectivity index (χ1) is 15.0. The largest absolute Gasteiger partial charge is 0.306 e. The normalized spacial score (nSPS) is 10.8. The minimum atomic E-state index is -0.317. The van der Waals surface area contributed by atoms with E-state index in [4.69, 9.17) is 4.63 Å². The molecule has 31 heavy (non-hydrogen) atoms. The Balaban J connectivity index is 1.38. The molecule has 0 radical (unpaired) electrons. The molecule has 0 atom stereocenters. The average molecular weight is 457 g/mol. The third kappa shape index (κ3) is 4.78. The predicted octanol–water partition coefficient (Wildman–Crippen LogP) is 2.68.